The van der Waals surface area contributed by atoms with Crippen molar-refractivity contribution in [3.63, 3.8) is 0 Å². The van der Waals surface area contributed by atoms with Crippen molar-refractivity contribution in [2.24, 2.45) is 5.41 Å². The van der Waals surface area contributed by atoms with Crippen LogP contribution in [-0.2, 0) is 28.8 Å². The summed E-state index contributed by atoms with van der Waals surface area (Å²) in [6.07, 6.45) is 4.99. The zero-order chi connectivity index (χ0) is 24.7. The highest BCUT2D eigenvalue weighted by Crippen LogP contribution is 2.56. The zero-order valence-electron chi connectivity index (χ0n) is 20.7. The van der Waals surface area contributed by atoms with E-state index in [0.717, 1.165) is 48.1 Å². The summed E-state index contributed by atoms with van der Waals surface area (Å²) >= 11 is 1.32. The quantitative estimate of drug-likeness (QED) is 0.158. The van der Waals surface area contributed by atoms with Gasteiger partial charge in [-0.2, -0.15) is 0 Å². The summed E-state index contributed by atoms with van der Waals surface area (Å²) in [5.74, 6) is 0.349. The second kappa shape index (κ2) is 12.2. The second-order valence-corrected chi connectivity index (χ2v) is 12.3. The predicted molar refractivity (Wildman–Crippen MR) is 133 cm³/mol. The Kier molecular flexibility index (Phi) is 11.3. The van der Waals surface area contributed by atoms with E-state index in [1.165, 1.54) is 11.8 Å². The molecule has 0 radical (unpaired) electrons. The Morgan fingerprint density at radius 3 is 1.94 bits per heavy atom. The van der Waals surface area contributed by atoms with Crippen LogP contribution in [0.2, 0.25) is 0 Å². The smallest absolute Gasteiger partial charge is 0.507 e. The molecule has 32 heavy (non-hydrogen) atoms. The lowest BCUT2D eigenvalue weighted by molar-refractivity contribution is 0.0944. The number of aromatic hydroxyl groups is 1. The van der Waals surface area contributed by atoms with Crippen molar-refractivity contribution in [3.05, 3.63) is 23.3 Å². The molecule has 3 unspecified atom stereocenters. The molecule has 0 spiro atoms. The van der Waals surface area contributed by atoms with Crippen LogP contribution in [0.15, 0.2) is 17.0 Å². The van der Waals surface area contributed by atoms with Gasteiger partial charge in [-0.3, -0.25) is 0 Å². The highest BCUT2D eigenvalue weighted by Gasteiger charge is 2.47. The molecule has 9 heteroatoms. The number of hydrogen-bond acceptors (Lipinski definition) is 6. The van der Waals surface area contributed by atoms with Crippen molar-refractivity contribution in [2.45, 2.75) is 103 Å². The van der Waals surface area contributed by atoms with Crippen LogP contribution in [0.3, 0.4) is 0 Å². The summed E-state index contributed by atoms with van der Waals surface area (Å²) in [7, 11) is -5.65. The molecular weight excluding hydrogens is 466 g/mol. The molecule has 0 aliphatic heterocycles. The molecule has 1 aromatic carbocycles. The van der Waals surface area contributed by atoms with Gasteiger partial charge >= 0.3 is 16.5 Å². The summed E-state index contributed by atoms with van der Waals surface area (Å²) in [6.45, 7) is 17.4. The van der Waals surface area contributed by atoms with E-state index in [9.17, 15) is 14.2 Å². The van der Waals surface area contributed by atoms with Crippen molar-refractivity contribution in [1.82, 2.24) is 0 Å². The third-order valence-electron chi connectivity index (χ3n) is 6.96. The van der Waals surface area contributed by atoms with Gasteiger partial charge in [0, 0.05) is 30.6 Å². The number of phenolic OH excluding ortho intramolecular Hbond substituents is 1. The Bertz CT molecular complexity index is 796. The van der Waals surface area contributed by atoms with E-state index in [1.54, 1.807) is 0 Å². The molecular formula is C23H40O6P2S+2. The standard InChI is InChI=1S/C23H38O6P2S/c1-9-13-22(8,23(10-2,11-3)12-4)19-15-17(14-18(20(19)24)21(5,6)7)32-16-28-31(27)29-30(25)26/h14-15H,9-13,16H2,1-8H3/p+2. The Labute approximate surface area is 199 Å². The summed E-state index contributed by atoms with van der Waals surface area (Å²) in [6, 6.07) is 3.98. The van der Waals surface area contributed by atoms with Crippen LogP contribution in [-0.4, -0.2) is 15.9 Å². The highest BCUT2D eigenvalue weighted by molar-refractivity contribution is 7.99. The number of thioether (sulfide) groups is 1. The van der Waals surface area contributed by atoms with E-state index in [4.69, 9.17) is 9.42 Å². The first-order valence-corrected chi connectivity index (χ1v) is 14.5. The summed E-state index contributed by atoms with van der Waals surface area (Å²) in [5, 5.41) is 11.5. The normalized spacial score (nSPS) is 15.4. The molecule has 0 aliphatic rings. The molecule has 1 rings (SSSR count). The third kappa shape index (κ3) is 6.74. The van der Waals surface area contributed by atoms with Crippen molar-refractivity contribution in [2.75, 3.05) is 5.94 Å². The predicted octanol–water partition coefficient (Wildman–Crippen LogP) is 8.35. The van der Waals surface area contributed by atoms with Gasteiger partial charge in [-0.1, -0.05) is 73.6 Å². The summed E-state index contributed by atoms with van der Waals surface area (Å²) < 4.78 is 31.6. The Balaban J connectivity index is 3.56. The zero-order valence-corrected chi connectivity index (χ0v) is 23.3. The fraction of sp³-hybridized carbons (Fsp3) is 0.739. The average molecular weight is 507 g/mol. The van der Waals surface area contributed by atoms with Crippen LogP contribution >= 0.6 is 28.3 Å². The van der Waals surface area contributed by atoms with E-state index in [0.29, 0.717) is 5.75 Å². The molecule has 0 amide bonds. The maximum atomic E-state index is 11.6. The molecule has 2 N–H and O–H groups in total. The maximum Gasteiger partial charge on any atom is 0.748 e. The van der Waals surface area contributed by atoms with Crippen LogP contribution in [0.4, 0.5) is 0 Å². The van der Waals surface area contributed by atoms with Gasteiger partial charge in [0.15, 0.2) is 10.2 Å². The van der Waals surface area contributed by atoms with Crippen LogP contribution in [0.1, 0.15) is 98.6 Å². The third-order valence-corrected chi connectivity index (χ3v) is 9.37. The molecule has 0 heterocycles. The SMILES string of the molecule is CCCC(C)(c1cc(SCO[P+](=O)O[P+](=O)O)cc(C(C)(C)C)c1O)C(CC)(CC)CC. The molecule has 182 valence electrons. The fourth-order valence-electron chi connectivity index (χ4n) is 5.01. The molecule has 0 saturated heterocycles. The highest BCUT2D eigenvalue weighted by atomic mass is 32.2. The van der Waals surface area contributed by atoms with E-state index < -0.39 is 16.5 Å². The minimum atomic E-state index is -2.98. The molecule has 0 fully saturated rings. The number of hydrogen-bond donors (Lipinski definition) is 2. The van der Waals surface area contributed by atoms with Gasteiger partial charge in [0.05, 0.1) is 0 Å². The average Bonchev–Trinajstić information content (AvgIpc) is 2.69. The van der Waals surface area contributed by atoms with Crippen LogP contribution in [0, 0.1) is 5.41 Å². The summed E-state index contributed by atoms with van der Waals surface area (Å²) in [5.41, 5.74) is 1.33. The van der Waals surface area contributed by atoms with Crippen LogP contribution in [0.25, 0.3) is 0 Å². The molecule has 0 aliphatic carbocycles. The second-order valence-electron chi connectivity index (χ2n) is 9.47. The first-order chi connectivity index (χ1) is 14.8. The Morgan fingerprint density at radius 1 is 0.969 bits per heavy atom. The minimum Gasteiger partial charge on any atom is -0.507 e. The monoisotopic (exact) mass is 506 g/mol. The molecule has 0 bridgehead atoms. The van der Waals surface area contributed by atoms with Gasteiger partial charge < -0.3 is 5.11 Å². The number of benzene rings is 1. The van der Waals surface area contributed by atoms with Crippen molar-refractivity contribution < 1.29 is 28.0 Å². The van der Waals surface area contributed by atoms with Crippen LogP contribution < -0.4 is 0 Å². The van der Waals surface area contributed by atoms with E-state index in [1.807, 2.05) is 12.1 Å². The van der Waals surface area contributed by atoms with E-state index in [-0.39, 0.29) is 22.2 Å². The Morgan fingerprint density at radius 2 is 1.50 bits per heavy atom. The first-order valence-electron chi connectivity index (χ1n) is 11.3. The van der Waals surface area contributed by atoms with Crippen molar-refractivity contribution in [1.29, 1.82) is 0 Å². The first kappa shape index (κ1) is 29.5. The molecule has 1 aromatic rings. The van der Waals surface area contributed by atoms with Gasteiger partial charge in [0.1, 0.15) is 5.75 Å². The lowest BCUT2D eigenvalue weighted by Gasteiger charge is -2.49. The summed E-state index contributed by atoms with van der Waals surface area (Å²) in [4.78, 5) is 9.60. The lowest BCUT2D eigenvalue weighted by Crippen LogP contribution is -2.43. The van der Waals surface area contributed by atoms with Crippen LogP contribution in [0.5, 0.6) is 5.75 Å². The topological polar surface area (TPSA) is 93.1 Å². The van der Waals surface area contributed by atoms with E-state index >= 15 is 0 Å². The molecule has 0 aromatic heterocycles. The lowest BCUT2D eigenvalue weighted by atomic mass is 9.55. The maximum absolute atomic E-state index is 11.6. The molecule has 6 nitrogen and oxygen atoms in total. The van der Waals surface area contributed by atoms with Gasteiger partial charge in [-0.15, -0.1) is 9.42 Å². The largest absolute Gasteiger partial charge is 0.748 e. The number of rotatable bonds is 13. The molecule has 3 atom stereocenters. The molecule has 0 saturated carbocycles. The number of phenols is 1. The fourth-order valence-corrected chi connectivity index (χ4v) is 6.75. The van der Waals surface area contributed by atoms with E-state index in [2.05, 4.69) is 59.7 Å². The van der Waals surface area contributed by atoms with Gasteiger partial charge in [0.25, 0.3) is 0 Å². The van der Waals surface area contributed by atoms with Gasteiger partial charge in [-0.25, -0.2) is 0 Å². The van der Waals surface area contributed by atoms with Crippen molar-refractivity contribution in [3.8, 4) is 5.75 Å². The van der Waals surface area contributed by atoms with Gasteiger partial charge in [-0.05, 0) is 48.6 Å². The Hall–Kier alpha value is -0.550. The van der Waals surface area contributed by atoms with Crippen molar-refractivity contribution >= 4 is 28.3 Å². The minimum absolute atomic E-state index is 0.00283. The van der Waals surface area contributed by atoms with Gasteiger partial charge in [0.2, 0.25) is 0 Å².